The lowest BCUT2D eigenvalue weighted by atomic mass is 10.2. The van der Waals surface area contributed by atoms with E-state index in [9.17, 15) is 0 Å². The highest BCUT2D eigenvalue weighted by Crippen LogP contribution is 2.35. The number of thiophene rings is 1. The van der Waals surface area contributed by atoms with Crippen LogP contribution in [0.5, 0.6) is 0 Å². The summed E-state index contributed by atoms with van der Waals surface area (Å²) in [6, 6.07) is 2.20. The molecule has 0 fully saturated rings. The molecule has 3 nitrogen and oxygen atoms in total. The van der Waals surface area contributed by atoms with E-state index in [4.69, 9.17) is 5.73 Å². The molecule has 0 amide bonds. The van der Waals surface area contributed by atoms with Crippen LogP contribution in [0.1, 0.15) is 32.6 Å². The second-order valence-electron chi connectivity index (χ2n) is 4.74. The molecule has 1 atom stereocenters. The molecule has 1 unspecified atom stereocenters. The van der Waals surface area contributed by atoms with Gasteiger partial charge in [0, 0.05) is 15.5 Å². The molecule has 0 saturated heterocycles. The number of aromatic nitrogens is 2. The van der Waals surface area contributed by atoms with Gasteiger partial charge in [0.05, 0.1) is 0 Å². The third kappa shape index (κ3) is 2.78. The fraction of sp³-hybridized carbons (Fsp3) is 0.538. The maximum absolute atomic E-state index is 5.80. The number of hydrogen-bond donors (Lipinski definition) is 1. The molecular weight excluding hydrogens is 262 g/mol. The van der Waals surface area contributed by atoms with Gasteiger partial charge >= 0.3 is 0 Å². The van der Waals surface area contributed by atoms with E-state index in [1.165, 1.54) is 4.88 Å². The van der Waals surface area contributed by atoms with Crippen molar-refractivity contribution in [3.8, 4) is 0 Å². The Kier molecular flexibility index (Phi) is 4.12. The lowest BCUT2D eigenvalue weighted by molar-refractivity contribution is 0.642. The summed E-state index contributed by atoms with van der Waals surface area (Å²) < 4.78 is 0. The van der Waals surface area contributed by atoms with Gasteiger partial charge in [-0.25, -0.2) is 9.97 Å². The number of nitrogens with two attached hydrogens (primary N) is 1. The first-order chi connectivity index (χ1) is 8.51. The van der Waals surface area contributed by atoms with E-state index in [0.29, 0.717) is 17.1 Å². The summed E-state index contributed by atoms with van der Waals surface area (Å²) in [5.74, 6) is 0.996. The van der Waals surface area contributed by atoms with Gasteiger partial charge in [0.1, 0.15) is 9.86 Å². The van der Waals surface area contributed by atoms with Crippen molar-refractivity contribution in [1.29, 1.82) is 0 Å². The van der Waals surface area contributed by atoms with Crippen LogP contribution in [0.25, 0.3) is 10.2 Å². The Hall–Kier alpha value is -0.810. The van der Waals surface area contributed by atoms with Gasteiger partial charge in [-0.3, -0.25) is 0 Å². The van der Waals surface area contributed by atoms with E-state index in [2.05, 4.69) is 43.7 Å². The van der Waals surface area contributed by atoms with Crippen LogP contribution in [0.2, 0.25) is 0 Å². The van der Waals surface area contributed by atoms with Crippen molar-refractivity contribution in [2.45, 2.75) is 44.4 Å². The molecular formula is C13H19N3S2. The largest absolute Gasteiger partial charge is 0.368 e. The van der Waals surface area contributed by atoms with Crippen molar-refractivity contribution in [2.75, 3.05) is 5.73 Å². The van der Waals surface area contributed by atoms with E-state index in [-0.39, 0.29) is 0 Å². The Morgan fingerprint density at radius 3 is 2.67 bits per heavy atom. The molecule has 0 radical (unpaired) electrons. The smallest absolute Gasteiger partial charge is 0.222 e. The number of aryl methyl sites for hydroxylation is 1. The molecule has 0 aliphatic heterocycles. The predicted octanol–water partition coefficient (Wildman–Crippen LogP) is 3.97. The van der Waals surface area contributed by atoms with Crippen LogP contribution in [0.4, 0.5) is 5.95 Å². The topological polar surface area (TPSA) is 51.8 Å². The maximum atomic E-state index is 5.80. The van der Waals surface area contributed by atoms with Crippen LogP contribution in [-0.4, -0.2) is 15.2 Å². The number of fused-ring (bicyclic) bond motifs is 1. The van der Waals surface area contributed by atoms with Gasteiger partial charge < -0.3 is 5.73 Å². The lowest BCUT2D eigenvalue weighted by Gasteiger charge is -2.14. The van der Waals surface area contributed by atoms with Crippen LogP contribution < -0.4 is 5.73 Å². The normalized spacial score (nSPS) is 13.4. The zero-order chi connectivity index (χ0) is 13.3. The minimum atomic E-state index is 0.380. The fourth-order valence-electron chi connectivity index (χ4n) is 1.54. The molecule has 2 N–H and O–H groups in total. The number of thioether (sulfide) groups is 1. The quantitative estimate of drug-likeness (QED) is 0.680. The maximum Gasteiger partial charge on any atom is 0.222 e. The fourth-order valence-corrected chi connectivity index (χ4v) is 3.63. The van der Waals surface area contributed by atoms with Gasteiger partial charge in [0.2, 0.25) is 5.95 Å². The van der Waals surface area contributed by atoms with E-state index in [0.717, 1.165) is 21.7 Å². The molecule has 0 saturated carbocycles. The first-order valence-electron chi connectivity index (χ1n) is 6.23. The third-order valence-electron chi connectivity index (χ3n) is 3.01. The molecule has 2 aromatic heterocycles. The molecule has 98 valence electrons. The van der Waals surface area contributed by atoms with E-state index < -0.39 is 0 Å². The molecule has 0 aromatic carbocycles. The SMILES string of the molecule is CCc1cc2c(SC(C)C(C)C)nc(N)nc2s1. The molecule has 5 heteroatoms. The predicted molar refractivity (Wildman–Crippen MR) is 81.4 cm³/mol. The molecule has 0 aliphatic carbocycles. The molecule has 0 bridgehead atoms. The molecule has 2 rings (SSSR count). The van der Waals surface area contributed by atoms with Crippen molar-refractivity contribution in [2.24, 2.45) is 5.92 Å². The standard InChI is InChI=1S/C13H19N3S2/c1-5-9-6-10-11(17-8(4)7(2)3)15-13(14)16-12(10)18-9/h6-8H,5H2,1-4H3,(H2,14,15,16). The summed E-state index contributed by atoms with van der Waals surface area (Å²) in [6.07, 6.45) is 1.03. The minimum Gasteiger partial charge on any atom is -0.368 e. The highest BCUT2D eigenvalue weighted by molar-refractivity contribution is 8.00. The van der Waals surface area contributed by atoms with Gasteiger partial charge in [0.25, 0.3) is 0 Å². The van der Waals surface area contributed by atoms with Crippen LogP contribution in [0.15, 0.2) is 11.1 Å². The molecule has 2 aromatic rings. The summed E-state index contributed by atoms with van der Waals surface area (Å²) in [7, 11) is 0. The Morgan fingerprint density at radius 2 is 2.06 bits per heavy atom. The first kappa shape index (κ1) is 13.6. The number of anilines is 1. The molecule has 18 heavy (non-hydrogen) atoms. The van der Waals surface area contributed by atoms with Gasteiger partial charge in [0.15, 0.2) is 0 Å². The summed E-state index contributed by atoms with van der Waals surface area (Å²) in [4.78, 5) is 11.1. The summed E-state index contributed by atoms with van der Waals surface area (Å²) in [5.41, 5.74) is 5.80. The van der Waals surface area contributed by atoms with Crippen LogP contribution in [-0.2, 0) is 6.42 Å². The number of hydrogen-bond acceptors (Lipinski definition) is 5. The second-order valence-corrected chi connectivity index (χ2v) is 7.22. The highest BCUT2D eigenvalue weighted by Gasteiger charge is 2.15. The van der Waals surface area contributed by atoms with E-state index in [1.807, 2.05) is 0 Å². The van der Waals surface area contributed by atoms with Crippen molar-refractivity contribution in [3.05, 3.63) is 10.9 Å². The summed E-state index contributed by atoms with van der Waals surface area (Å²) in [5, 5.41) is 2.70. The zero-order valence-corrected chi connectivity index (χ0v) is 12.9. The molecule has 0 spiro atoms. The molecule has 0 aliphatic rings. The third-order valence-corrected chi connectivity index (χ3v) is 5.63. The van der Waals surface area contributed by atoms with E-state index >= 15 is 0 Å². The van der Waals surface area contributed by atoms with Gasteiger partial charge in [-0.05, 0) is 18.4 Å². The number of nitrogen functional groups attached to an aromatic ring is 1. The summed E-state index contributed by atoms with van der Waals surface area (Å²) in [6.45, 7) is 8.84. The van der Waals surface area contributed by atoms with Crippen molar-refractivity contribution in [1.82, 2.24) is 9.97 Å². The lowest BCUT2D eigenvalue weighted by Crippen LogP contribution is -2.06. The van der Waals surface area contributed by atoms with Gasteiger partial charge in [-0.15, -0.1) is 23.1 Å². The first-order valence-corrected chi connectivity index (χ1v) is 7.93. The number of nitrogens with zero attached hydrogens (tertiary/aromatic N) is 2. The highest BCUT2D eigenvalue weighted by atomic mass is 32.2. The Balaban J connectivity index is 2.44. The monoisotopic (exact) mass is 281 g/mol. The van der Waals surface area contributed by atoms with Gasteiger partial charge in [-0.1, -0.05) is 27.7 Å². The Labute approximate surface area is 116 Å². The Morgan fingerprint density at radius 1 is 1.33 bits per heavy atom. The minimum absolute atomic E-state index is 0.380. The van der Waals surface area contributed by atoms with Crippen LogP contribution in [0.3, 0.4) is 0 Å². The zero-order valence-electron chi connectivity index (χ0n) is 11.2. The van der Waals surface area contributed by atoms with E-state index in [1.54, 1.807) is 23.1 Å². The van der Waals surface area contributed by atoms with Crippen molar-refractivity contribution >= 4 is 39.3 Å². The van der Waals surface area contributed by atoms with Gasteiger partial charge in [-0.2, -0.15) is 0 Å². The number of rotatable bonds is 4. The van der Waals surface area contributed by atoms with Crippen molar-refractivity contribution < 1.29 is 0 Å². The second kappa shape index (κ2) is 5.45. The average molecular weight is 281 g/mol. The molecule has 2 heterocycles. The van der Waals surface area contributed by atoms with Crippen LogP contribution in [0, 0.1) is 5.92 Å². The summed E-state index contributed by atoms with van der Waals surface area (Å²) >= 11 is 3.51. The average Bonchev–Trinajstić information content (AvgIpc) is 2.71. The van der Waals surface area contributed by atoms with Crippen molar-refractivity contribution in [3.63, 3.8) is 0 Å². The Bertz CT molecular complexity index is 548. The van der Waals surface area contributed by atoms with Crippen LogP contribution >= 0.6 is 23.1 Å².